The molecule has 0 bridgehead atoms. The van der Waals surface area contributed by atoms with Gasteiger partial charge in [-0.1, -0.05) is 31.4 Å². The zero-order valence-corrected chi connectivity index (χ0v) is 16.9. The molecule has 1 amide bonds. The van der Waals surface area contributed by atoms with E-state index in [4.69, 9.17) is 0 Å². The van der Waals surface area contributed by atoms with Gasteiger partial charge in [-0.3, -0.25) is 4.79 Å². The molecular formula is C22H28FN5O. The van der Waals surface area contributed by atoms with Crippen LogP contribution in [0.4, 0.5) is 15.9 Å². The molecule has 29 heavy (non-hydrogen) atoms. The monoisotopic (exact) mass is 397 g/mol. The summed E-state index contributed by atoms with van der Waals surface area (Å²) in [5, 5.41) is 3.13. The number of aryl methyl sites for hydroxylation is 1. The zero-order valence-electron chi connectivity index (χ0n) is 16.9. The van der Waals surface area contributed by atoms with Crippen molar-refractivity contribution in [3.63, 3.8) is 0 Å². The third-order valence-electron chi connectivity index (χ3n) is 5.79. The van der Waals surface area contributed by atoms with E-state index in [-0.39, 0.29) is 17.8 Å². The van der Waals surface area contributed by atoms with Gasteiger partial charge in [0.25, 0.3) is 5.91 Å². The Kier molecular flexibility index (Phi) is 5.92. The number of nitrogens with one attached hydrogen (secondary N) is 1. The maximum atomic E-state index is 14.1. The van der Waals surface area contributed by atoms with Gasteiger partial charge in [0.15, 0.2) is 0 Å². The largest absolute Gasteiger partial charge is 0.366 e. The number of anilines is 2. The van der Waals surface area contributed by atoms with Crippen molar-refractivity contribution in [3.05, 3.63) is 47.7 Å². The number of nitrogens with zero attached hydrogens (tertiary/aromatic N) is 4. The molecule has 0 unspecified atom stereocenters. The molecule has 2 heterocycles. The van der Waals surface area contributed by atoms with Crippen molar-refractivity contribution in [1.82, 2.24) is 15.3 Å². The Morgan fingerprint density at radius 2 is 1.72 bits per heavy atom. The molecule has 0 spiro atoms. The molecule has 1 aliphatic heterocycles. The molecule has 1 saturated carbocycles. The number of amides is 1. The molecule has 1 aliphatic carbocycles. The van der Waals surface area contributed by atoms with Crippen LogP contribution in [0.5, 0.6) is 0 Å². The lowest BCUT2D eigenvalue weighted by atomic mass is 9.95. The highest BCUT2D eigenvalue weighted by Crippen LogP contribution is 2.23. The third kappa shape index (κ3) is 4.66. The van der Waals surface area contributed by atoms with Crippen molar-refractivity contribution in [2.24, 2.45) is 0 Å². The molecule has 0 radical (unpaired) electrons. The molecule has 6 nitrogen and oxygen atoms in total. The first kappa shape index (κ1) is 19.6. The summed E-state index contributed by atoms with van der Waals surface area (Å²) < 4.78 is 14.1. The highest BCUT2D eigenvalue weighted by molar-refractivity contribution is 5.93. The van der Waals surface area contributed by atoms with Crippen molar-refractivity contribution in [1.29, 1.82) is 0 Å². The maximum absolute atomic E-state index is 14.1. The molecule has 4 rings (SSSR count). The van der Waals surface area contributed by atoms with Crippen LogP contribution in [0.25, 0.3) is 0 Å². The number of hydrogen-bond acceptors (Lipinski definition) is 5. The predicted octanol–water partition coefficient (Wildman–Crippen LogP) is 3.31. The second-order valence-corrected chi connectivity index (χ2v) is 7.89. The number of carbonyl (C=O) groups excluding carboxylic acids is 1. The van der Waals surface area contributed by atoms with Crippen LogP contribution in [0.3, 0.4) is 0 Å². The SMILES string of the molecule is Cc1nc(C(=O)NC2CCCCC2)cc(N2CCN(c3ccccc3F)CC2)n1. The maximum Gasteiger partial charge on any atom is 0.270 e. The van der Waals surface area contributed by atoms with Gasteiger partial charge < -0.3 is 15.1 Å². The van der Waals surface area contributed by atoms with Crippen LogP contribution in [0, 0.1) is 12.7 Å². The summed E-state index contributed by atoms with van der Waals surface area (Å²) in [5.41, 5.74) is 1.06. The first-order chi connectivity index (χ1) is 14.1. The van der Waals surface area contributed by atoms with E-state index >= 15 is 0 Å². The van der Waals surface area contributed by atoms with Crippen molar-refractivity contribution < 1.29 is 9.18 Å². The summed E-state index contributed by atoms with van der Waals surface area (Å²) in [7, 11) is 0. The van der Waals surface area contributed by atoms with Gasteiger partial charge in [0, 0.05) is 38.3 Å². The molecule has 7 heteroatoms. The van der Waals surface area contributed by atoms with Crippen molar-refractivity contribution in [2.75, 3.05) is 36.0 Å². The van der Waals surface area contributed by atoms with E-state index in [0.717, 1.165) is 18.7 Å². The molecule has 1 aromatic carbocycles. The Balaban J connectivity index is 1.42. The van der Waals surface area contributed by atoms with Crippen molar-refractivity contribution >= 4 is 17.4 Å². The highest BCUT2D eigenvalue weighted by Gasteiger charge is 2.23. The van der Waals surface area contributed by atoms with Gasteiger partial charge in [0.1, 0.15) is 23.2 Å². The molecule has 2 fully saturated rings. The van der Waals surface area contributed by atoms with Crippen molar-refractivity contribution in [3.8, 4) is 0 Å². The normalized spacial score (nSPS) is 18.0. The molecule has 1 N–H and O–H groups in total. The molecule has 2 aliphatic rings. The predicted molar refractivity (Wildman–Crippen MR) is 112 cm³/mol. The Bertz CT molecular complexity index is 860. The molecule has 0 atom stereocenters. The Morgan fingerprint density at radius 3 is 2.45 bits per heavy atom. The lowest BCUT2D eigenvalue weighted by Crippen LogP contribution is -2.47. The fourth-order valence-electron chi connectivity index (χ4n) is 4.22. The Labute approximate surface area is 171 Å². The molecule has 2 aromatic rings. The minimum Gasteiger partial charge on any atom is -0.366 e. The van der Waals surface area contributed by atoms with Crippen LogP contribution in [-0.2, 0) is 0 Å². The van der Waals surface area contributed by atoms with E-state index in [1.54, 1.807) is 12.1 Å². The number of piperazine rings is 1. The number of aromatic nitrogens is 2. The summed E-state index contributed by atoms with van der Waals surface area (Å²) in [6.07, 6.45) is 5.68. The quantitative estimate of drug-likeness (QED) is 0.858. The van der Waals surface area contributed by atoms with Gasteiger partial charge in [-0.05, 0) is 31.9 Å². The van der Waals surface area contributed by atoms with Crippen LogP contribution in [0.15, 0.2) is 30.3 Å². The summed E-state index contributed by atoms with van der Waals surface area (Å²) in [5.74, 6) is 1.04. The highest BCUT2D eigenvalue weighted by atomic mass is 19.1. The number of halogens is 1. The van der Waals surface area contributed by atoms with Gasteiger partial charge in [0.05, 0.1) is 5.69 Å². The van der Waals surface area contributed by atoms with Gasteiger partial charge in [-0.15, -0.1) is 0 Å². The van der Waals surface area contributed by atoms with E-state index in [2.05, 4.69) is 25.1 Å². The fraction of sp³-hybridized carbons (Fsp3) is 0.500. The first-order valence-electron chi connectivity index (χ1n) is 10.5. The van der Waals surface area contributed by atoms with E-state index in [1.165, 1.54) is 25.3 Å². The van der Waals surface area contributed by atoms with Crippen molar-refractivity contribution in [2.45, 2.75) is 45.1 Å². The van der Waals surface area contributed by atoms with Crippen LogP contribution in [-0.4, -0.2) is 48.1 Å². The zero-order chi connectivity index (χ0) is 20.2. The topological polar surface area (TPSA) is 61.4 Å². The van der Waals surface area contributed by atoms with Gasteiger partial charge in [-0.2, -0.15) is 0 Å². The molecule has 154 valence electrons. The first-order valence-corrected chi connectivity index (χ1v) is 10.5. The number of benzene rings is 1. The minimum atomic E-state index is -0.194. The lowest BCUT2D eigenvalue weighted by Gasteiger charge is -2.37. The second kappa shape index (κ2) is 8.76. The lowest BCUT2D eigenvalue weighted by molar-refractivity contribution is 0.0922. The minimum absolute atomic E-state index is 0.117. The van der Waals surface area contributed by atoms with Crippen LogP contribution in [0.2, 0.25) is 0 Å². The van der Waals surface area contributed by atoms with E-state index in [9.17, 15) is 9.18 Å². The second-order valence-electron chi connectivity index (χ2n) is 7.89. The average molecular weight is 397 g/mol. The van der Waals surface area contributed by atoms with E-state index in [0.29, 0.717) is 43.4 Å². The molecular weight excluding hydrogens is 369 g/mol. The van der Waals surface area contributed by atoms with Gasteiger partial charge >= 0.3 is 0 Å². The van der Waals surface area contributed by atoms with E-state index < -0.39 is 0 Å². The number of carbonyl (C=O) groups is 1. The Hall–Kier alpha value is -2.70. The molecule has 1 aromatic heterocycles. The summed E-state index contributed by atoms with van der Waals surface area (Å²) >= 11 is 0. The molecule has 1 saturated heterocycles. The fourth-order valence-corrected chi connectivity index (χ4v) is 4.22. The third-order valence-corrected chi connectivity index (χ3v) is 5.79. The summed E-state index contributed by atoms with van der Waals surface area (Å²) in [4.78, 5) is 25.8. The average Bonchev–Trinajstić information content (AvgIpc) is 2.74. The van der Waals surface area contributed by atoms with E-state index in [1.807, 2.05) is 19.1 Å². The van der Waals surface area contributed by atoms with Crippen LogP contribution >= 0.6 is 0 Å². The van der Waals surface area contributed by atoms with Crippen LogP contribution in [0.1, 0.15) is 48.4 Å². The number of hydrogen-bond donors (Lipinski definition) is 1. The smallest absolute Gasteiger partial charge is 0.270 e. The summed E-state index contributed by atoms with van der Waals surface area (Å²) in [6.45, 7) is 4.65. The van der Waals surface area contributed by atoms with Gasteiger partial charge in [-0.25, -0.2) is 14.4 Å². The number of rotatable bonds is 4. The van der Waals surface area contributed by atoms with Gasteiger partial charge in [0.2, 0.25) is 0 Å². The summed E-state index contributed by atoms with van der Waals surface area (Å²) in [6, 6.07) is 8.90. The number of para-hydroxylation sites is 1. The standard InChI is InChI=1S/C22H28FN5O/c1-16-24-19(22(29)26-17-7-3-2-4-8-17)15-21(25-16)28-13-11-27(12-14-28)20-10-6-5-9-18(20)23/h5-6,9-10,15,17H,2-4,7-8,11-14H2,1H3,(H,26,29). The van der Waals surface area contributed by atoms with Crippen LogP contribution < -0.4 is 15.1 Å². The Morgan fingerprint density at radius 1 is 1.03 bits per heavy atom.